The Bertz CT molecular complexity index is 889. The van der Waals surface area contributed by atoms with Crippen molar-refractivity contribution in [1.29, 1.82) is 5.26 Å². The minimum absolute atomic E-state index is 0.0535. The van der Waals surface area contributed by atoms with Crippen LogP contribution in [-0.4, -0.2) is 12.9 Å². The van der Waals surface area contributed by atoms with E-state index in [4.69, 9.17) is 10.00 Å². The number of nitrogens with zero attached hydrogens (tertiary/aromatic N) is 1. The van der Waals surface area contributed by atoms with Crippen molar-refractivity contribution in [1.82, 2.24) is 0 Å². The third kappa shape index (κ3) is 2.55. The summed E-state index contributed by atoms with van der Waals surface area (Å²) in [5, 5.41) is 10.8. The molecule has 0 aliphatic heterocycles. The largest absolute Gasteiger partial charge is 0.497 e. The Morgan fingerprint density at radius 2 is 1.55 bits per heavy atom. The van der Waals surface area contributed by atoms with Gasteiger partial charge in [0.1, 0.15) is 5.75 Å². The number of fused-ring (bicyclic) bond motifs is 1. The predicted octanol–water partition coefficient (Wildman–Crippen LogP) is 3.95. The van der Waals surface area contributed by atoms with Gasteiger partial charge in [0.2, 0.25) is 0 Å². The molecule has 3 aromatic carbocycles. The molecule has 0 spiro atoms. The van der Waals surface area contributed by atoms with Gasteiger partial charge in [0.15, 0.2) is 5.78 Å². The second-order valence-electron chi connectivity index (χ2n) is 4.95. The van der Waals surface area contributed by atoms with Crippen molar-refractivity contribution < 1.29 is 9.53 Å². The van der Waals surface area contributed by atoms with Crippen LogP contribution in [0.15, 0.2) is 60.7 Å². The number of carbonyl (C=O) groups excluding carboxylic acids is 1. The topological polar surface area (TPSA) is 50.1 Å². The molecule has 0 fully saturated rings. The van der Waals surface area contributed by atoms with Crippen molar-refractivity contribution in [2.24, 2.45) is 0 Å². The molecule has 0 saturated heterocycles. The van der Waals surface area contributed by atoms with E-state index in [1.165, 1.54) is 0 Å². The molecule has 3 nitrogen and oxygen atoms in total. The van der Waals surface area contributed by atoms with Gasteiger partial charge in [-0.15, -0.1) is 0 Å². The van der Waals surface area contributed by atoms with Crippen molar-refractivity contribution in [3.8, 4) is 11.8 Å². The molecule has 0 bridgehead atoms. The summed E-state index contributed by atoms with van der Waals surface area (Å²) in [4.78, 5) is 12.5. The molecule has 0 amide bonds. The van der Waals surface area contributed by atoms with Crippen molar-refractivity contribution in [3.05, 3.63) is 77.4 Å². The molecule has 0 radical (unpaired) electrons. The first-order chi connectivity index (χ1) is 10.7. The maximum absolute atomic E-state index is 12.5. The summed E-state index contributed by atoms with van der Waals surface area (Å²) in [6, 6.07) is 20.0. The molecule has 3 rings (SSSR count). The summed E-state index contributed by atoms with van der Waals surface area (Å²) >= 11 is 0. The number of ketones is 1. The molecular weight excluding hydrogens is 274 g/mol. The molecule has 0 heterocycles. The molecule has 3 aromatic rings. The number of nitriles is 1. The normalized spacial score (nSPS) is 10.2. The van der Waals surface area contributed by atoms with Crippen molar-refractivity contribution in [3.63, 3.8) is 0 Å². The summed E-state index contributed by atoms with van der Waals surface area (Å²) in [6.45, 7) is 0. The monoisotopic (exact) mass is 287 g/mol. The van der Waals surface area contributed by atoms with Gasteiger partial charge in [0, 0.05) is 11.1 Å². The van der Waals surface area contributed by atoms with Gasteiger partial charge in [0.25, 0.3) is 0 Å². The van der Waals surface area contributed by atoms with E-state index in [2.05, 4.69) is 0 Å². The van der Waals surface area contributed by atoms with Crippen LogP contribution in [0.3, 0.4) is 0 Å². The lowest BCUT2D eigenvalue weighted by molar-refractivity contribution is 0.103. The summed E-state index contributed by atoms with van der Waals surface area (Å²) in [6.07, 6.45) is 0. The standard InChI is InChI=1S/C19H13NO2/c1-22-18-9-8-15-10-17(7-6-16(15)11-18)19(21)14-4-2-13(12-20)3-5-14/h2-11H,1H3. The Balaban J connectivity index is 1.98. The Labute approximate surface area is 128 Å². The quantitative estimate of drug-likeness (QED) is 0.685. The zero-order valence-corrected chi connectivity index (χ0v) is 12.0. The van der Waals surface area contributed by atoms with Crippen LogP contribution in [0.5, 0.6) is 5.75 Å². The first kappa shape index (κ1) is 13.8. The molecule has 0 saturated carbocycles. The molecule has 0 atom stereocenters. The van der Waals surface area contributed by atoms with Gasteiger partial charge in [0.05, 0.1) is 18.7 Å². The zero-order valence-electron chi connectivity index (χ0n) is 12.0. The SMILES string of the molecule is COc1ccc2cc(C(=O)c3ccc(C#N)cc3)ccc2c1. The second-order valence-corrected chi connectivity index (χ2v) is 4.95. The molecule has 0 aromatic heterocycles. The second kappa shape index (κ2) is 5.71. The summed E-state index contributed by atoms with van der Waals surface area (Å²) in [7, 11) is 1.63. The summed E-state index contributed by atoms with van der Waals surface area (Å²) < 4.78 is 5.20. The Hall–Kier alpha value is -3.12. The minimum atomic E-state index is -0.0535. The number of methoxy groups -OCH3 is 1. The van der Waals surface area contributed by atoms with Crippen LogP contribution in [0.1, 0.15) is 21.5 Å². The number of ether oxygens (including phenoxy) is 1. The molecule has 0 aliphatic carbocycles. The highest BCUT2D eigenvalue weighted by Gasteiger charge is 2.10. The van der Waals surface area contributed by atoms with Crippen LogP contribution in [0.4, 0.5) is 0 Å². The van der Waals surface area contributed by atoms with Crippen LogP contribution in [0.25, 0.3) is 10.8 Å². The van der Waals surface area contributed by atoms with E-state index >= 15 is 0 Å². The highest BCUT2D eigenvalue weighted by atomic mass is 16.5. The fourth-order valence-electron chi connectivity index (χ4n) is 2.35. The Morgan fingerprint density at radius 3 is 2.23 bits per heavy atom. The first-order valence-corrected chi connectivity index (χ1v) is 6.84. The lowest BCUT2D eigenvalue weighted by Crippen LogP contribution is -2.01. The molecule has 22 heavy (non-hydrogen) atoms. The van der Waals surface area contributed by atoms with Gasteiger partial charge >= 0.3 is 0 Å². The van der Waals surface area contributed by atoms with Crippen LogP contribution < -0.4 is 4.74 Å². The Kier molecular flexibility index (Phi) is 3.59. The fourth-order valence-corrected chi connectivity index (χ4v) is 2.35. The van der Waals surface area contributed by atoms with Crippen LogP contribution in [0.2, 0.25) is 0 Å². The molecule has 0 aliphatic rings. The van der Waals surface area contributed by atoms with Crippen LogP contribution >= 0.6 is 0 Å². The minimum Gasteiger partial charge on any atom is -0.497 e. The number of hydrogen-bond donors (Lipinski definition) is 0. The smallest absolute Gasteiger partial charge is 0.193 e. The van der Waals surface area contributed by atoms with E-state index in [0.717, 1.165) is 16.5 Å². The van der Waals surface area contributed by atoms with Crippen LogP contribution in [0, 0.1) is 11.3 Å². The van der Waals surface area contributed by atoms with Gasteiger partial charge in [-0.3, -0.25) is 4.79 Å². The third-order valence-corrected chi connectivity index (χ3v) is 3.59. The van der Waals surface area contributed by atoms with Crippen molar-refractivity contribution in [2.45, 2.75) is 0 Å². The first-order valence-electron chi connectivity index (χ1n) is 6.84. The Morgan fingerprint density at radius 1 is 0.909 bits per heavy atom. The average Bonchev–Trinajstić information content (AvgIpc) is 2.60. The van der Waals surface area contributed by atoms with E-state index in [1.807, 2.05) is 42.5 Å². The summed E-state index contributed by atoms with van der Waals surface area (Å²) in [5.41, 5.74) is 1.75. The molecule has 0 N–H and O–H groups in total. The lowest BCUT2D eigenvalue weighted by Gasteiger charge is -2.05. The van der Waals surface area contributed by atoms with E-state index in [1.54, 1.807) is 31.4 Å². The average molecular weight is 287 g/mol. The van der Waals surface area contributed by atoms with Crippen molar-refractivity contribution in [2.75, 3.05) is 7.11 Å². The van der Waals surface area contributed by atoms with E-state index in [0.29, 0.717) is 16.7 Å². The number of rotatable bonds is 3. The highest BCUT2D eigenvalue weighted by Crippen LogP contribution is 2.23. The van der Waals surface area contributed by atoms with Gasteiger partial charge in [-0.2, -0.15) is 5.26 Å². The van der Waals surface area contributed by atoms with E-state index in [-0.39, 0.29) is 5.78 Å². The van der Waals surface area contributed by atoms with Gasteiger partial charge < -0.3 is 4.74 Å². The van der Waals surface area contributed by atoms with Gasteiger partial charge in [-0.1, -0.05) is 18.2 Å². The van der Waals surface area contributed by atoms with Gasteiger partial charge in [-0.25, -0.2) is 0 Å². The molecule has 0 unspecified atom stereocenters. The lowest BCUT2D eigenvalue weighted by atomic mass is 9.99. The fraction of sp³-hybridized carbons (Fsp3) is 0.0526. The third-order valence-electron chi connectivity index (χ3n) is 3.59. The number of hydrogen-bond acceptors (Lipinski definition) is 3. The van der Waals surface area contributed by atoms with Crippen molar-refractivity contribution >= 4 is 16.6 Å². The molecular formula is C19H13NO2. The zero-order chi connectivity index (χ0) is 15.5. The summed E-state index contributed by atoms with van der Waals surface area (Å²) in [5.74, 6) is 0.737. The van der Waals surface area contributed by atoms with Gasteiger partial charge in [-0.05, 0) is 53.2 Å². The molecule has 3 heteroatoms. The maximum atomic E-state index is 12.5. The maximum Gasteiger partial charge on any atom is 0.193 e. The van der Waals surface area contributed by atoms with E-state index < -0.39 is 0 Å². The van der Waals surface area contributed by atoms with E-state index in [9.17, 15) is 4.79 Å². The number of carbonyl (C=O) groups is 1. The van der Waals surface area contributed by atoms with Crippen LogP contribution in [-0.2, 0) is 0 Å². The molecule has 106 valence electrons. The number of benzene rings is 3. The predicted molar refractivity (Wildman–Crippen MR) is 85.1 cm³/mol. The highest BCUT2D eigenvalue weighted by molar-refractivity contribution is 6.10.